The number of nitrogens with two attached hydrogens (primary N) is 1. The molecule has 0 saturated heterocycles. The summed E-state index contributed by atoms with van der Waals surface area (Å²) in [5, 5.41) is 0. The van der Waals surface area contributed by atoms with Crippen LogP contribution in [0.25, 0.3) is 0 Å². The molecular weight excluding hydrogens is 269 g/mol. The van der Waals surface area contributed by atoms with E-state index in [1.807, 2.05) is 24.3 Å². The molecule has 0 radical (unpaired) electrons. The van der Waals surface area contributed by atoms with Crippen molar-refractivity contribution < 1.29 is 17.9 Å². The summed E-state index contributed by atoms with van der Waals surface area (Å²) in [5.41, 5.74) is 6.50. The largest absolute Gasteiger partial charge is 0.494 e. The van der Waals surface area contributed by atoms with Crippen molar-refractivity contribution in [3.8, 4) is 5.75 Å². The van der Waals surface area contributed by atoms with Gasteiger partial charge in [-0.15, -0.1) is 0 Å². The molecule has 0 amide bonds. The average Bonchev–Trinajstić information content (AvgIpc) is 2.41. The minimum Gasteiger partial charge on any atom is -0.494 e. The van der Waals surface area contributed by atoms with E-state index in [4.69, 9.17) is 10.5 Å². The number of hydrogen-bond acceptors (Lipinski definition) is 3. The number of halogens is 3. The lowest BCUT2D eigenvalue weighted by molar-refractivity contribution is -0.145. The minimum absolute atomic E-state index is 0.372. The van der Waals surface area contributed by atoms with Crippen LogP contribution in [-0.2, 0) is 6.54 Å². The second kappa shape index (κ2) is 8.11. The molecule has 1 aromatic carbocycles. The average molecular weight is 290 g/mol. The van der Waals surface area contributed by atoms with Gasteiger partial charge in [-0.25, -0.2) is 0 Å². The Morgan fingerprint density at radius 3 is 2.35 bits per heavy atom. The molecule has 0 atom stereocenters. The summed E-state index contributed by atoms with van der Waals surface area (Å²) in [6, 6.07) is 7.37. The number of nitrogens with zero attached hydrogens (tertiary/aromatic N) is 1. The number of ether oxygens (including phenoxy) is 1. The topological polar surface area (TPSA) is 38.5 Å². The normalized spacial score (nSPS) is 11.9. The van der Waals surface area contributed by atoms with Crippen molar-refractivity contribution in [3.05, 3.63) is 29.8 Å². The standard InChI is InChI=1S/C14H21F3N2O/c1-2-19(11-14(15,16)17)8-3-9-20-13-6-4-12(10-18)5-7-13/h4-7H,2-3,8-11,18H2,1H3. The van der Waals surface area contributed by atoms with E-state index in [0.29, 0.717) is 38.4 Å². The summed E-state index contributed by atoms with van der Waals surface area (Å²) in [7, 11) is 0. The Labute approximate surface area is 117 Å². The summed E-state index contributed by atoms with van der Waals surface area (Å²) in [6.45, 7) is 2.48. The smallest absolute Gasteiger partial charge is 0.401 e. The molecule has 6 heteroatoms. The summed E-state index contributed by atoms with van der Waals surface area (Å²) in [6.07, 6.45) is -3.59. The van der Waals surface area contributed by atoms with Crippen molar-refractivity contribution in [2.24, 2.45) is 5.73 Å². The first-order valence-electron chi connectivity index (χ1n) is 6.65. The lowest BCUT2D eigenvalue weighted by atomic mass is 10.2. The lowest BCUT2D eigenvalue weighted by Crippen LogP contribution is -2.35. The van der Waals surface area contributed by atoms with Gasteiger partial charge in [0.2, 0.25) is 0 Å². The number of benzene rings is 1. The molecule has 2 N–H and O–H groups in total. The van der Waals surface area contributed by atoms with Gasteiger partial charge < -0.3 is 10.5 Å². The van der Waals surface area contributed by atoms with Crippen LogP contribution in [0, 0.1) is 0 Å². The van der Waals surface area contributed by atoms with Crippen LogP contribution in [-0.4, -0.2) is 37.3 Å². The number of rotatable bonds is 8. The molecule has 114 valence electrons. The van der Waals surface area contributed by atoms with Gasteiger partial charge in [-0.1, -0.05) is 19.1 Å². The van der Waals surface area contributed by atoms with Crippen LogP contribution in [0.15, 0.2) is 24.3 Å². The maximum absolute atomic E-state index is 12.3. The molecule has 0 saturated carbocycles. The van der Waals surface area contributed by atoms with E-state index in [2.05, 4.69) is 0 Å². The van der Waals surface area contributed by atoms with Crippen molar-refractivity contribution >= 4 is 0 Å². The van der Waals surface area contributed by atoms with Gasteiger partial charge in [-0.05, 0) is 30.7 Å². The Hall–Kier alpha value is -1.27. The summed E-state index contributed by atoms with van der Waals surface area (Å²) >= 11 is 0. The first-order chi connectivity index (χ1) is 9.44. The lowest BCUT2D eigenvalue weighted by Gasteiger charge is -2.21. The van der Waals surface area contributed by atoms with Crippen molar-refractivity contribution in [2.45, 2.75) is 26.1 Å². The fourth-order valence-electron chi connectivity index (χ4n) is 1.80. The molecule has 0 aliphatic heterocycles. The highest BCUT2D eigenvalue weighted by atomic mass is 19.4. The molecule has 0 fully saturated rings. The Morgan fingerprint density at radius 1 is 1.20 bits per heavy atom. The third-order valence-corrected chi connectivity index (χ3v) is 2.90. The van der Waals surface area contributed by atoms with Crippen LogP contribution in [0.5, 0.6) is 5.75 Å². The van der Waals surface area contributed by atoms with Crippen molar-refractivity contribution in [1.82, 2.24) is 4.90 Å². The molecular formula is C14H21F3N2O. The second-order valence-corrected chi connectivity index (χ2v) is 4.53. The first-order valence-corrected chi connectivity index (χ1v) is 6.65. The molecule has 3 nitrogen and oxygen atoms in total. The Balaban J connectivity index is 2.25. The molecule has 20 heavy (non-hydrogen) atoms. The zero-order valence-electron chi connectivity index (χ0n) is 11.6. The maximum Gasteiger partial charge on any atom is 0.401 e. The molecule has 1 rings (SSSR count). The zero-order valence-corrected chi connectivity index (χ0v) is 11.6. The van der Waals surface area contributed by atoms with Crippen molar-refractivity contribution in [3.63, 3.8) is 0 Å². The van der Waals surface area contributed by atoms with Crippen LogP contribution in [0.1, 0.15) is 18.9 Å². The molecule has 0 bridgehead atoms. The summed E-state index contributed by atoms with van der Waals surface area (Å²) in [4.78, 5) is 1.36. The molecule has 1 aromatic rings. The van der Waals surface area contributed by atoms with E-state index in [1.54, 1.807) is 6.92 Å². The molecule has 0 aromatic heterocycles. The molecule has 0 unspecified atom stereocenters. The maximum atomic E-state index is 12.3. The quantitative estimate of drug-likeness (QED) is 0.748. The highest BCUT2D eigenvalue weighted by molar-refractivity contribution is 5.26. The van der Waals surface area contributed by atoms with Crippen LogP contribution >= 0.6 is 0 Å². The third kappa shape index (κ3) is 6.77. The van der Waals surface area contributed by atoms with E-state index in [9.17, 15) is 13.2 Å². The molecule has 0 aliphatic rings. The van der Waals surface area contributed by atoms with E-state index in [-0.39, 0.29) is 0 Å². The van der Waals surface area contributed by atoms with Gasteiger partial charge in [0, 0.05) is 13.1 Å². The number of hydrogen-bond donors (Lipinski definition) is 1. The van der Waals surface area contributed by atoms with E-state index in [0.717, 1.165) is 5.56 Å². The highest BCUT2D eigenvalue weighted by Gasteiger charge is 2.29. The van der Waals surface area contributed by atoms with Crippen LogP contribution in [0.4, 0.5) is 13.2 Å². The fraction of sp³-hybridized carbons (Fsp3) is 0.571. The summed E-state index contributed by atoms with van der Waals surface area (Å²) in [5.74, 6) is 0.709. The van der Waals surface area contributed by atoms with Gasteiger partial charge in [-0.2, -0.15) is 13.2 Å². The Bertz CT molecular complexity index is 379. The Kier molecular flexibility index (Phi) is 6.81. The fourth-order valence-corrected chi connectivity index (χ4v) is 1.80. The van der Waals surface area contributed by atoms with Crippen LogP contribution in [0.3, 0.4) is 0 Å². The molecule has 0 spiro atoms. The van der Waals surface area contributed by atoms with Crippen molar-refractivity contribution in [1.29, 1.82) is 0 Å². The van der Waals surface area contributed by atoms with Gasteiger partial charge in [0.25, 0.3) is 0 Å². The van der Waals surface area contributed by atoms with Gasteiger partial charge >= 0.3 is 6.18 Å². The van der Waals surface area contributed by atoms with Gasteiger partial charge in [0.05, 0.1) is 13.2 Å². The first kappa shape index (κ1) is 16.8. The van der Waals surface area contributed by atoms with Gasteiger partial charge in [0.15, 0.2) is 0 Å². The molecule has 0 heterocycles. The van der Waals surface area contributed by atoms with Crippen LogP contribution < -0.4 is 10.5 Å². The van der Waals surface area contributed by atoms with E-state index in [1.165, 1.54) is 4.90 Å². The minimum atomic E-state index is -4.14. The third-order valence-electron chi connectivity index (χ3n) is 2.90. The van der Waals surface area contributed by atoms with Gasteiger partial charge in [-0.3, -0.25) is 4.90 Å². The summed E-state index contributed by atoms with van der Waals surface area (Å²) < 4.78 is 42.2. The van der Waals surface area contributed by atoms with E-state index < -0.39 is 12.7 Å². The second-order valence-electron chi connectivity index (χ2n) is 4.53. The monoisotopic (exact) mass is 290 g/mol. The highest BCUT2D eigenvalue weighted by Crippen LogP contribution is 2.16. The van der Waals surface area contributed by atoms with Crippen LogP contribution in [0.2, 0.25) is 0 Å². The zero-order chi connectivity index (χ0) is 15.0. The SMILES string of the molecule is CCN(CCCOc1ccc(CN)cc1)CC(F)(F)F. The molecule has 0 aliphatic carbocycles. The van der Waals surface area contributed by atoms with Gasteiger partial charge in [0.1, 0.15) is 5.75 Å². The Morgan fingerprint density at radius 2 is 1.85 bits per heavy atom. The van der Waals surface area contributed by atoms with Crippen molar-refractivity contribution in [2.75, 3.05) is 26.2 Å². The van der Waals surface area contributed by atoms with E-state index >= 15 is 0 Å². The predicted molar refractivity (Wildman–Crippen MR) is 72.6 cm³/mol. The predicted octanol–water partition coefficient (Wildman–Crippen LogP) is 2.80. The number of alkyl halides is 3.